The third-order valence-electron chi connectivity index (χ3n) is 11.8. The van der Waals surface area contributed by atoms with Gasteiger partial charge in [-0.15, -0.1) is 0 Å². The minimum absolute atomic E-state index is 0.0815. The van der Waals surface area contributed by atoms with E-state index in [4.69, 9.17) is 9.97 Å². The Morgan fingerprint density at radius 1 is 0.684 bits per heavy atom. The first kappa shape index (κ1) is 33.1. The van der Waals surface area contributed by atoms with E-state index in [1.807, 2.05) is 12.1 Å². The zero-order valence-corrected chi connectivity index (χ0v) is 31.5. The van der Waals surface area contributed by atoms with Gasteiger partial charge in [-0.2, -0.15) is 0 Å². The van der Waals surface area contributed by atoms with Crippen LogP contribution in [0, 0.1) is 0 Å². The molecular weight excluding hydrogens is 695 g/mol. The van der Waals surface area contributed by atoms with E-state index in [0.717, 1.165) is 45.7 Å². The highest BCUT2D eigenvalue weighted by molar-refractivity contribution is 6.10. The molecule has 272 valence electrons. The molecule has 8 aromatic rings. The maximum Gasteiger partial charge on any atom is 0.224 e. The molecule has 2 aromatic heterocycles. The number of fused-ring (bicyclic) bond motifs is 8. The highest BCUT2D eigenvalue weighted by Crippen LogP contribution is 2.44. The van der Waals surface area contributed by atoms with Gasteiger partial charge in [-0.1, -0.05) is 134 Å². The van der Waals surface area contributed by atoms with Crippen molar-refractivity contribution in [1.29, 1.82) is 0 Å². The number of anilines is 1. The number of nitrogens with zero attached hydrogens (tertiary/aromatic N) is 3. The maximum atomic E-state index is 5.22. The second-order valence-corrected chi connectivity index (χ2v) is 15.1. The monoisotopic (exact) mass is 733 g/mol. The van der Waals surface area contributed by atoms with Crippen LogP contribution in [0.4, 0.5) is 5.95 Å². The molecule has 0 spiro atoms. The third kappa shape index (κ3) is 5.62. The largest absolute Gasteiger partial charge is 0.355 e. The van der Waals surface area contributed by atoms with Gasteiger partial charge < -0.3 is 15.2 Å². The summed E-state index contributed by atoms with van der Waals surface area (Å²) in [4.78, 5) is 10.3. The van der Waals surface area contributed by atoms with Crippen LogP contribution in [-0.4, -0.2) is 20.6 Å². The SMILES string of the molecule is CC1C(C2=CC(c3ccc4c(c3)c3ccccc3n4-c3ccccc3)=CCC2Nc2nc(-c3ccccc3)c3ccccc3n2)=C2C=CC=C(N2)c2ccccc21. The third-order valence-corrected chi connectivity index (χ3v) is 11.8. The van der Waals surface area contributed by atoms with Crippen LogP contribution < -0.4 is 10.6 Å². The fourth-order valence-electron chi connectivity index (χ4n) is 9.12. The van der Waals surface area contributed by atoms with Crippen molar-refractivity contribution in [3.05, 3.63) is 216 Å². The summed E-state index contributed by atoms with van der Waals surface area (Å²) in [6, 6.07) is 53.8. The lowest BCUT2D eigenvalue weighted by Gasteiger charge is -2.31. The fourth-order valence-corrected chi connectivity index (χ4v) is 9.12. The zero-order chi connectivity index (χ0) is 37.9. The van der Waals surface area contributed by atoms with Gasteiger partial charge in [-0.05, 0) is 88.9 Å². The molecule has 57 heavy (non-hydrogen) atoms. The van der Waals surface area contributed by atoms with Crippen LogP contribution in [0.1, 0.15) is 36.0 Å². The number of hydrogen-bond acceptors (Lipinski definition) is 4. The minimum Gasteiger partial charge on any atom is -0.355 e. The summed E-state index contributed by atoms with van der Waals surface area (Å²) < 4.78 is 2.38. The van der Waals surface area contributed by atoms with Crippen LogP contribution in [0.3, 0.4) is 0 Å². The van der Waals surface area contributed by atoms with E-state index in [-0.39, 0.29) is 12.0 Å². The molecule has 1 aliphatic carbocycles. The Bertz CT molecular complexity index is 3050. The van der Waals surface area contributed by atoms with E-state index in [0.29, 0.717) is 5.95 Å². The molecule has 2 atom stereocenters. The molecule has 5 heteroatoms. The first-order valence-corrected chi connectivity index (χ1v) is 19.8. The lowest BCUT2D eigenvalue weighted by atomic mass is 9.79. The minimum atomic E-state index is -0.0815. The van der Waals surface area contributed by atoms with Crippen molar-refractivity contribution in [1.82, 2.24) is 19.9 Å². The summed E-state index contributed by atoms with van der Waals surface area (Å²) in [7, 11) is 0. The molecule has 3 aliphatic rings. The zero-order valence-electron chi connectivity index (χ0n) is 31.5. The first-order valence-electron chi connectivity index (χ1n) is 19.8. The number of hydrogen-bond donors (Lipinski definition) is 2. The van der Waals surface area contributed by atoms with Gasteiger partial charge in [0.25, 0.3) is 0 Å². The first-order chi connectivity index (χ1) is 28.2. The van der Waals surface area contributed by atoms with Gasteiger partial charge in [0, 0.05) is 50.3 Å². The molecule has 0 fully saturated rings. The number of rotatable bonds is 6. The summed E-state index contributed by atoms with van der Waals surface area (Å²) in [5, 5.41) is 11.2. The van der Waals surface area contributed by atoms with Crippen molar-refractivity contribution in [2.24, 2.45) is 0 Å². The standard InChI is InChI=1S/C52H39N5/c1-33-38-19-8-9-20-39(38)44-24-14-25-47(53-44)50(33)43-32-35(36-28-30-49-42(31-36)40-21-11-13-26-48(40)57(49)37-17-6-3-7-18-37)27-29-46(43)55-52-54-45-23-12-10-22-41(45)51(56-52)34-15-4-2-5-16-34/h2-28,30-33,46,53H,29H2,1H3,(H,54,55,56). The fraction of sp³-hybridized carbons (Fsp3) is 0.0769. The van der Waals surface area contributed by atoms with Gasteiger partial charge in [0.1, 0.15) is 0 Å². The van der Waals surface area contributed by atoms with Crippen molar-refractivity contribution >= 4 is 49.9 Å². The summed E-state index contributed by atoms with van der Waals surface area (Å²) in [5.41, 5.74) is 16.2. The van der Waals surface area contributed by atoms with E-state index in [2.05, 4.69) is 192 Å². The Hall–Kier alpha value is -7.24. The Morgan fingerprint density at radius 2 is 1.42 bits per heavy atom. The molecule has 0 radical (unpaired) electrons. The smallest absolute Gasteiger partial charge is 0.224 e. The van der Waals surface area contributed by atoms with E-state index in [9.17, 15) is 0 Å². The second-order valence-electron chi connectivity index (χ2n) is 15.1. The van der Waals surface area contributed by atoms with Gasteiger partial charge in [-0.3, -0.25) is 0 Å². The molecule has 0 amide bonds. The van der Waals surface area contributed by atoms with E-state index >= 15 is 0 Å². The number of nitrogens with one attached hydrogen (secondary N) is 2. The van der Waals surface area contributed by atoms with Crippen molar-refractivity contribution in [2.75, 3.05) is 5.32 Å². The average molecular weight is 734 g/mol. The molecule has 0 saturated carbocycles. The van der Waals surface area contributed by atoms with E-state index in [1.165, 1.54) is 55.2 Å². The van der Waals surface area contributed by atoms with Crippen LogP contribution >= 0.6 is 0 Å². The van der Waals surface area contributed by atoms with Crippen LogP contribution in [0.2, 0.25) is 0 Å². The molecule has 2 N–H and O–H groups in total. The van der Waals surface area contributed by atoms with Crippen LogP contribution in [-0.2, 0) is 0 Å². The molecule has 2 aliphatic heterocycles. The van der Waals surface area contributed by atoms with Crippen molar-refractivity contribution in [3.8, 4) is 16.9 Å². The lowest BCUT2D eigenvalue weighted by Crippen LogP contribution is -2.28. The highest BCUT2D eigenvalue weighted by atomic mass is 15.1. The van der Waals surface area contributed by atoms with E-state index < -0.39 is 0 Å². The van der Waals surface area contributed by atoms with Gasteiger partial charge >= 0.3 is 0 Å². The van der Waals surface area contributed by atoms with Crippen molar-refractivity contribution < 1.29 is 0 Å². The topological polar surface area (TPSA) is 54.8 Å². The Labute approximate surface area is 331 Å². The van der Waals surface area contributed by atoms with Crippen LogP contribution in [0.15, 0.2) is 199 Å². The molecule has 5 nitrogen and oxygen atoms in total. The van der Waals surface area contributed by atoms with Crippen molar-refractivity contribution in [3.63, 3.8) is 0 Å². The van der Waals surface area contributed by atoms with Gasteiger partial charge in [0.2, 0.25) is 5.95 Å². The van der Waals surface area contributed by atoms with Crippen molar-refractivity contribution in [2.45, 2.75) is 25.3 Å². The lowest BCUT2D eigenvalue weighted by molar-refractivity contribution is 0.777. The Morgan fingerprint density at radius 3 is 2.30 bits per heavy atom. The average Bonchev–Trinajstić information content (AvgIpc) is 3.57. The molecule has 11 rings (SSSR count). The predicted molar refractivity (Wildman–Crippen MR) is 236 cm³/mol. The second kappa shape index (κ2) is 13.5. The number of para-hydroxylation sites is 3. The number of aromatic nitrogens is 3. The van der Waals surface area contributed by atoms with Crippen LogP contribution in [0.25, 0.3) is 60.9 Å². The summed E-state index contributed by atoms with van der Waals surface area (Å²) in [5.74, 6) is 0.742. The molecular formula is C52H39N5. The quantitative estimate of drug-likeness (QED) is 0.179. The number of benzene rings is 6. The van der Waals surface area contributed by atoms with Gasteiger partial charge in [0.05, 0.1) is 28.3 Å². The maximum absolute atomic E-state index is 5.22. The normalized spacial score (nSPS) is 17.5. The van der Waals surface area contributed by atoms with Gasteiger partial charge in [0.15, 0.2) is 0 Å². The summed E-state index contributed by atoms with van der Waals surface area (Å²) in [6.45, 7) is 2.35. The molecule has 0 saturated heterocycles. The Kier molecular flexibility index (Phi) is 7.85. The van der Waals surface area contributed by atoms with E-state index in [1.54, 1.807) is 0 Å². The number of allylic oxidation sites excluding steroid dienone is 5. The molecule has 2 bridgehead atoms. The summed E-state index contributed by atoms with van der Waals surface area (Å²) in [6.07, 6.45) is 12.1. The highest BCUT2D eigenvalue weighted by Gasteiger charge is 2.32. The van der Waals surface area contributed by atoms with Gasteiger partial charge in [-0.25, -0.2) is 9.97 Å². The predicted octanol–water partition coefficient (Wildman–Crippen LogP) is 12.2. The molecule has 6 aromatic carbocycles. The number of dihydropyridines is 1. The Balaban J connectivity index is 1.07. The molecule has 2 unspecified atom stereocenters. The molecule has 4 heterocycles. The summed E-state index contributed by atoms with van der Waals surface area (Å²) >= 11 is 0. The van der Waals surface area contributed by atoms with Crippen LogP contribution in [0.5, 0.6) is 0 Å².